The van der Waals surface area contributed by atoms with Gasteiger partial charge in [-0.3, -0.25) is 0 Å². The highest BCUT2D eigenvalue weighted by atomic mass is 16.5. The van der Waals surface area contributed by atoms with Gasteiger partial charge in [0.15, 0.2) is 0 Å². The van der Waals surface area contributed by atoms with Crippen LogP contribution in [0.4, 0.5) is 0 Å². The molecule has 0 fully saturated rings. The molecule has 4 aromatic carbocycles. The van der Waals surface area contributed by atoms with E-state index in [0.29, 0.717) is 6.61 Å². The Hall–Kier alpha value is -3.20. The Labute approximate surface area is 172 Å². The van der Waals surface area contributed by atoms with Crippen LogP contribution in [0.15, 0.2) is 115 Å². The average Bonchev–Trinajstić information content (AvgIpc) is 2.82. The average molecular weight is 380 g/mol. The van der Waals surface area contributed by atoms with Crippen LogP contribution in [0.2, 0.25) is 0 Å². The van der Waals surface area contributed by atoms with Crippen LogP contribution in [-0.2, 0) is 23.6 Å². The number of rotatable bonds is 7. The van der Waals surface area contributed by atoms with Gasteiger partial charge in [-0.2, -0.15) is 0 Å². The highest BCUT2D eigenvalue weighted by Crippen LogP contribution is 2.41. The Balaban J connectivity index is 1.88. The lowest BCUT2D eigenvalue weighted by Crippen LogP contribution is -2.33. The maximum Gasteiger partial charge on any atom is 0.144 e. The SMILES string of the molecule is OCc1ccccc1COC(c1ccccc1)(c1ccccc1)c1ccccc1. The number of hydrogen-bond acceptors (Lipinski definition) is 2. The summed E-state index contributed by atoms with van der Waals surface area (Å²) in [4.78, 5) is 0. The van der Waals surface area contributed by atoms with Crippen molar-refractivity contribution in [2.24, 2.45) is 0 Å². The van der Waals surface area contributed by atoms with E-state index in [1.54, 1.807) is 0 Å². The van der Waals surface area contributed by atoms with E-state index in [2.05, 4.69) is 36.4 Å². The fourth-order valence-corrected chi connectivity index (χ4v) is 3.81. The third-order valence-electron chi connectivity index (χ3n) is 5.27. The topological polar surface area (TPSA) is 29.5 Å². The van der Waals surface area contributed by atoms with Crippen LogP contribution in [0.5, 0.6) is 0 Å². The molecular formula is C27H24O2. The number of hydrogen-bond donors (Lipinski definition) is 1. The van der Waals surface area contributed by atoms with Crippen molar-refractivity contribution in [2.45, 2.75) is 18.8 Å². The van der Waals surface area contributed by atoms with Crippen LogP contribution in [0.3, 0.4) is 0 Å². The Bertz CT molecular complexity index is 931. The molecule has 2 heteroatoms. The van der Waals surface area contributed by atoms with Gasteiger partial charge in [-0.25, -0.2) is 0 Å². The van der Waals surface area contributed by atoms with E-state index in [4.69, 9.17) is 4.74 Å². The molecule has 0 amide bonds. The molecule has 29 heavy (non-hydrogen) atoms. The van der Waals surface area contributed by atoms with Crippen molar-refractivity contribution in [1.82, 2.24) is 0 Å². The molecule has 0 aliphatic carbocycles. The molecule has 0 unspecified atom stereocenters. The standard InChI is InChI=1S/C27H24O2/c28-20-22-12-10-11-13-23(22)21-29-27(24-14-4-1-5-15-24,25-16-6-2-7-17-25)26-18-8-3-9-19-26/h1-19,28H,20-21H2. The summed E-state index contributed by atoms with van der Waals surface area (Å²) < 4.78 is 6.81. The Morgan fingerprint density at radius 2 is 0.897 bits per heavy atom. The molecular weight excluding hydrogens is 356 g/mol. The van der Waals surface area contributed by atoms with Crippen molar-refractivity contribution in [3.63, 3.8) is 0 Å². The first kappa shape index (κ1) is 19.1. The van der Waals surface area contributed by atoms with E-state index in [9.17, 15) is 5.11 Å². The smallest absolute Gasteiger partial charge is 0.144 e. The lowest BCUT2D eigenvalue weighted by Gasteiger charge is -2.36. The van der Waals surface area contributed by atoms with Gasteiger partial charge < -0.3 is 9.84 Å². The molecule has 4 rings (SSSR count). The molecule has 1 N–H and O–H groups in total. The molecule has 0 spiro atoms. The maximum absolute atomic E-state index is 9.74. The van der Waals surface area contributed by atoms with E-state index >= 15 is 0 Å². The molecule has 4 aromatic rings. The summed E-state index contributed by atoms with van der Waals surface area (Å²) in [7, 11) is 0. The zero-order valence-electron chi connectivity index (χ0n) is 16.2. The van der Waals surface area contributed by atoms with Crippen LogP contribution in [0, 0.1) is 0 Å². The fourth-order valence-electron chi connectivity index (χ4n) is 3.81. The minimum absolute atomic E-state index is 0.00541. The summed E-state index contributed by atoms with van der Waals surface area (Å²) in [5.74, 6) is 0. The predicted molar refractivity (Wildman–Crippen MR) is 116 cm³/mol. The van der Waals surface area contributed by atoms with E-state index in [-0.39, 0.29) is 6.61 Å². The van der Waals surface area contributed by atoms with Gasteiger partial charge in [-0.05, 0) is 27.8 Å². The summed E-state index contributed by atoms with van der Waals surface area (Å²) >= 11 is 0. The summed E-state index contributed by atoms with van der Waals surface area (Å²) in [5.41, 5.74) is 4.32. The monoisotopic (exact) mass is 380 g/mol. The molecule has 0 bridgehead atoms. The van der Waals surface area contributed by atoms with Crippen molar-refractivity contribution in [3.8, 4) is 0 Å². The summed E-state index contributed by atoms with van der Waals surface area (Å²) in [6.07, 6.45) is 0. The molecule has 2 nitrogen and oxygen atoms in total. The van der Waals surface area contributed by atoms with Crippen LogP contribution in [0.1, 0.15) is 27.8 Å². The van der Waals surface area contributed by atoms with Gasteiger partial charge in [0.2, 0.25) is 0 Å². The maximum atomic E-state index is 9.74. The summed E-state index contributed by atoms with van der Waals surface area (Å²) in [5, 5.41) is 9.74. The number of ether oxygens (including phenoxy) is 1. The van der Waals surface area contributed by atoms with Gasteiger partial charge in [-0.15, -0.1) is 0 Å². The van der Waals surface area contributed by atoms with Gasteiger partial charge in [-0.1, -0.05) is 115 Å². The Kier molecular flexibility index (Phi) is 5.85. The normalized spacial score (nSPS) is 11.3. The molecule has 0 aliphatic rings. The number of aliphatic hydroxyl groups is 1. The minimum Gasteiger partial charge on any atom is -0.392 e. The van der Waals surface area contributed by atoms with Crippen molar-refractivity contribution < 1.29 is 9.84 Å². The van der Waals surface area contributed by atoms with Gasteiger partial charge in [0.1, 0.15) is 5.60 Å². The first-order chi connectivity index (χ1) is 14.3. The number of aliphatic hydroxyl groups excluding tert-OH is 1. The Morgan fingerprint density at radius 3 is 1.31 bits per heavy atom. The number of benzene rings is 4. The molecule has 0 aliphatic heterocycles. The van der Waals surface area contributed by atoms with E-state index in [1.165, 1.54) is 0 Å². The van der Waals surface area contributed by atoms with Crippen molar-refractivity contribution in [1.29, 1.82) is 0 Å². The van der Waals surface area contributed by atoms with E-state index in [1.807, 2.05) is 78.9 Å². The lowest BCUT2D eigenvalue weighted by molar-refractivity contribution is -0.000448. The Morgan fingerprint density at radius 1 is 0.517 bits per heavy atom. The molecule has 0 aromatic heterocycles. The van der Waals surface area contributed by atoms with E-state index < -0.39 is 5.60 Å². The molecule has 0 atom stereocenters. The zero-order chi connectivity index (χ0) is 19.9. The van der Waals surface area contributed by atoms with Crippen molar-refractivity contribution in [3.05, 3.63) is 143 Å². The fraction of sp³-hybridized carbons (Fsp3) is 0.111. The minimum atomic E-state index is -0.758. The van der Waals surface area contributed by atoms with Crippen molar-refractivity contribution >= 4 is 0 Å². The van der Waals surface area contributed by atoms with Crippen molar-refractivity contribution in [2.75, 3.05) is 0 Å². The molecule has 144 valence electrons. The van der Waals surface area contributed by atoms with Gasteiger partial charge in [0.25, 0.3) is 0 Å². The second-order valence-electron chi connectivity index (χ2n) is 6.99. The quantitative estimate of drug-likeness (QED) is 0.418. The largest absolute Gasteiger partial charge is 0.392 e. The summed E-state index contributed by atoms with van der Waals surface area (Å²) in [6.45, 7) is 0.379. The highest BCUT2D eigenvalue weighted by Gasteiger charge is 2.37. The summed E-state index contributed by atoms with van der Waals surface area (Å²) in [6, 6.07) is 38.8. The molecule has 0 radical (unpaired) electrons. The third-order valence-corrected chi connectivity index (χ3v) is 5.27. The molecule has 0 heterocycles. The first-order valence-electron chi connectivity index (χ1n) is 9.83. The van der Waals surface area contributed by atoms with Crippen LogP contribution in [0.25, 0.3) is 0 Å². The highest BCUT2D eigenvalue weighted by molar-refractivity contribution is 5.47. The van der Waals surface area contributed by atoms with Crippen LogP contribution in [-0.4, -0.2) is 5.11 Å². The molecule has 0 saturated carbocycles. The molecule has 0 saturated heterocycles. The lowest BCUT2D eigenvalue weighted by atomic mass is 9.80. The van der Waals surface area contributed by atoms with Gasteiger partial charge in [0, 0.05) is 0 Å². The second-order valence-corrected chi connectivity index (χ2v) is 6.99. The van der Waals surface area contributed by atoms with Gasteiger partial charge in [0.05, 0.1) is 13.2 Å². The third kappa shape index (κ3) is 3.86. The first-order valence-corrected chi connectivity index (χ1v) is 9.83. The van der Waals surface area contributed by atoms with Crippen LogP contribution >= 0.6 is 0 Å². The predicted octanol–water partition coefficient (Wildman–Crippen LogP) is 5.69. The second kappa shape index (κ2) is 8.87. The van der Waals surface area contributed by atoms with Gasteiger partial charge >= 0.3 is 0 Å². The van der Waals surface area contributed by atoms with Crippen LogP contribution < -0.4 is 0 Å². The zero-order valence-corrected chi connectivity index (χ0v) is 16.2. The van der Waals surface area contributed by atoms with E-state index in [0.717, 1.165) is 27.8 Å².